The van der Waals surface area contributed by atoms with Crippen LogP contribution in [0, 0.1) is 26.7 Å². The van der Waals surface area contributed by atoms with Gasteiger partial charge in [0.15, 0.2) is 0 Å². The molecular formula is C24H35N5O2S. The molecule has 7 nitrogen and oxygen atoms in total. The standard InChI is InChI=1S/C24H35N5O2S/c1-15-16(2)27-28(4)24(31)20(15)23-25-17(3)21(32-23)22(30)26-19-10-12-29(13-11-19)14-18-8-6-5-7-9-18/h18-19H,5-14H2,1-4H3,(H,26,30). The molecule has 0 aromatic carbocycles. The lowest BCUT2D eigenvalue weighted by Crippen LogP contribution is -2.45. The lowest BCUT2D eigenvalue weighted by atomic mass is 9.88. The highest BCUT2D eigenvalue weighted by Crippen LogP contribution is 2.29. The zero-order valence-corrected chi connectivity index (χ0v) is 20.6. The molecule has 2 aromatic heterocycles. The number of rotatable bonds is 5. The van der Waals surface area contributed by atoms with Crippen LogP contribution in [0.15, 0.2) is 4.79 Å². The van der Waals surface area contributed by atoms with Gasteiger partial charge in [0.25, 0.3) is 11.5 Å². The first-order valence-corrected chi connectivity index (χ1v) is 12.7. The minimum absolute atomic E-state index is 0.0720. The minimum atomic E-state index is -0.181. The fourth-order valence-corrected chi connectivity index (χ4v) is 6.12. The second-order valence-electron chi connectivity index (χ2n) is 9.50. The van der Waals surface area contributed by atoms with Gasteiger partial charge in [-0.2, -0.15) is 5.10 Å². The lowest BCUT2D eigenvalue weighted by Gasteiger charge is -2.35. The van der Waals surface area contributed by atoms with E-state index in [2.05, 4.69) is 20.3 Å². The number of carbonyl (C=O) groups is 1. The molecule has 3 heterocycles. The molecule has 0 atom stereocenters. The second kappa shape index (κ2) is 9.83. The number of nitrogens with zero attached hydrogens (tertiary/aromatic N) is 4. The third-order valence-electron chi connectivity index (χ3n) is 7.11. The van der Waals surface area contributed by atoms with Gasteiger partial charge in [0.2, 0.25) is 0 Å². The molecule has 4 rings (SSSR count). The zero-order chi connectivity index (χ0) is 22.8. The Labute approximate surface area is 194 Å². The van der Waals surface area contributed by atoms with E-state index in [0.717, 1.165) is 43.1 Å². The summed E-state index contributed by atoms with van der Waals surface area (Å²) in [5.41, 5.74) is 2.65. The Bertz CT molecular complexity index is 1030. The summed E-state index contributed by atoms with van der Waals surface area (Å²) in [5.74, 6) is 0.790. The molecule has 0 bridgehead atoms. The maximum atomic E-state index is 13.0. The Kier molecular flexibility index (Phi) is 7.10. The monoisotopic (exact) mass is 457 g/mol. The fourth-order valence-electron chi connectivity index (χ4n) is 5.06. The summed E-state index contributed by atoms with van der Waals surface area (Å²) < 4.78 is 1.34. The van der Waals surface area contributed by atoms with Crippen molar-refractivity contribution in [3.8, 4) is 10.6 Å². The van der Waals surface area contributed by atoms with Gasteiger partial charge in [0.1, 0.15) is 9.88 Å². The second-order valence-corrected chi connectivity index (χ2v) is 10.5. The highest BCUT2D eigenvalue weighted by molar-refractivity contribution is 7.17. The Morgan fingerprint density at radius 1 is 1.06 bits per heavy atom. The molecule has 32 heavy (non-hydrogen) atoms. The molecular weight excluding hydrogens is 422 g/mol. The number of hydrogen-bond donors (Lipinski definition) is 1. The van der Waals surface area contributed by atoms with Gasteiger partial charge in [-0.3, -0.25) is 9.59 Å². The van der Waals surface area contributed by atoms with Gasteiger partial charge >= 0.3 is 0 Å². The number of carbonyl (C=O) groups excluding carboxylic acids is 1. The van der Waals surface area contributed by atoms with E-state index in [1.54, 1.807) is 7.05 Å². The van der Waals surface area contributed by atoms with E-state index in [4.69, 9.17) is 0 Å². The molecule has 1 saturated carbocycles. The van der Waals surface area contributed by atoms with E-state index in [1.807, 2.05) is 20.8 Å². The third-order valence-corrected chi connectivity index (χ3v) is 8.28. The summed E-state index contributed by atoms with van der Waals surface area (Å²) in [6.45, 7) is 8.94. The Hall–Kier alpha value is -2.06. The summed E-state index contributed by atoms with van der Waals surface area (Å²) in [7, 11) is 1.65. The predicted octanol–water partition coefficient (Wildman–Crippen LogP) is 3.60. The summed E-state index contributed by atoms with van der Waals surface area (Å²) in [4.78, 5) is 33.5. The van der Waals surface area contributed by atoms with Gasteiger partial charge in [0, 0.05) is 32.7 Å². The maximum absolute atomic E-state index is 13.0. The molecule has 1 aliphatic heterocycles. The van der Waals surface area contributed by atoms with E-state index in [9.17, 15) is 9.59 Å². The molecule has 8 heteroatoms. The Morgan fingerprint density at radius 2 is 1.75 bits per heavy atom. The molecule has 0 unspecified atom stereocenters. The van der Waals surface area contributed by atoms with Crippen LogP contribution >= 0.6 is 11.3 Å². The number of aromatic nitrogens is 3. The lowest BCUT2D eigenvalue weighted by molar-refractivity contribution is 0.0905. The SMILES string of the molecule is Cc1nc(-c2c(C)c(C)nn(C)c2=O)sc1C(=O)NC1CCN(CC2CCCCC2)CC1. The van der Waals surface area contributed by atoms with E-state index in [0.29, 0.717) is 21.1 Å². The molecule has 1 N–H and O–H groups in total. The maximum Gasteiger partial charge on any atom is 0.277 e. The molecule has 1 aliphatic carbocycles. The molecule has 2 fully saturated rings. The van der Waals surface area contributed by atoms with Crippen LogP contribution in [0.25, 0.3) is 10.6 Å². The average molecular weight is 458 g/mol. The van der Waals surface area contributed by atoms with Crippen molar-refractivity contribution in [3.05, 3.63) is 32.2 Å². The van der Waals surface area contributed by atoms with Crippen LogP contribution in [-0.4, -0.2) is 51.2 Å². The van der Waals surface area contributed by atoms with Crippen LogP contribution in [0.4, 0.5) is 0 Å². The van der Waals surface area contributed by atoms with Crippen molar-refractivity contribution in [1.82, 2.24) is 25.0 Å². The number of hydrogen-bond acceptors (Lipinski definition) is 6. The first-order chi connectivity index (χ1) is 15.3. The summed E-state index contributed by atoms with van der Waals surface area (Å²) in [5, 5.41) is 8.06. The van der Waals surface area contributed by atoms with Gasteiger partial charge in [-0.1, -0.05) is 19.3 Å². The molecule has 0 spiro atoms. The van der Waals surface area contributed by atoms with Crippen molar-refractivity contribution in [3.63, 3.8) is 0 Å². The highest BCUT2D eigenvalue weighted by atomic mass is 32.1. The smallest absolute Gasteiger partial charge is 0.277 e. The van der Waals surface area contributed by atoms with E-state index in [1.165, 1.54) is 54.7 Å². The van der Waals surface area contributed by atoms with Gasteiger partial charge in [-0.05, 0) is 57.9 Å². The molecule has 2 aliphatic rings. The topological polar surface area (TPSA) is 80.1 Å². The number of aryl methyl sites for hydroxylation is 3. The predicted molar refractivity (Wildman–Crippen MR) is 128 cm³/mol. The van der Waals surface area contributed by atoms with E-state index < -0.39 is 0 Å². The first kappa shape index (κ1) is 23.1. The van der Waals surface area contributed by atoms with E-state index in [-0.39, 0.29) is 17.5 Å². The zero-order valence-electron chi connectivity index (χ0n) is 19.7. The quantitative estimate of drug-likeness (QED) is 0.742. The first-order valence-electron chi connectivity index (χ1n) is 11.9. The van der Waals surface area contributed by atoms with Crippen LogP contribution < -0.4 is 10.9 Å². The number of thiazole rings is 1. The number of likely N-dealkylation sites (tertiary alicyclic amines) is 1. The molecule has 2 aromatic rings. The van der Waals surface area contributed by atoms with Crippen LogP contribution in [0.2, 0.25) is 0 Å². The number of nitrogens with one attached hydrogen (secondary N) is 1. The van der Waals surface area contributed by atoms with Gasteiger partial charge < -0.3 is 10.2 Å². The average Bonchev–Trinajstić information content (AvgIpc) is 3.16. The summed E-state index contributed by atoms with van der Waals surface area (Å²) >= 11 is 1.30. The van der Waals surface area contributed by atoms with Gasteiger partial charge in [0.05, 0.1) is 17.0 Å². The fraction of sp³-hybridized carbons (Fsp3) is 0.667. The van der Waals surface area contributed by atoms with Crippen molar-refractivity contribution < 1.29 is 4.79 Å². The number of piperidine rings is 1. The molecule has 1 amide bonds. The van der Waals surface area contributed by atoms with Crippen LogP contribution in [0.5, 0.6) is 0 Å². The van der Waals surface area contributed by atoms with Crippen molar-refractivity contribution >= 4 is 17.2 Å². The van der Waals surface area contributed by atoms with E-state index >= 15 is 0 Å². The summed E-state index contributed by atoms with van der Waals surface area (Å²) in [6, 6.07) is 0.202. The normalized spacial score (nSPS) is 18.8. The van der Waals surface area contributed by atoms with Crippen LogP contribution in [0.1, 0.15) is 71.6 Å². The minimum Gasteiger partial charge on any atom is -0.348 e. The van der Waals surface area contributed by atoms with Crippen LogP contribution in [-0.2, 0) is 7.05 Å². The Morgan fingerprint density at radius 3 is 2.44 bits per heavy atom. The van der Waals surface area contributed by atoms with Crippen molar-refractivity contribution in [2.75, 3.05) is 19.6 Å². The van der Waals surface area contributed by atoms with Gasteiger partial charge in [-0.15, -0.1) is 11.3 Å². The van der Waals surface area contributed by atoms with Crippen LogP contribution in [0.3, 0.4) is 0 Å². The van der Waals surface area contributed by atoms with Crippen molar-refractivity contribution in [2.45, 2.75) is 71.8 Å². The summed E-state index contributed by atoms with van der Waals surface area (Å²) in [6.07, 6.45) is 8.92. The Balaban J connectivity index is 1.39. The number of amides is 1. The van der Waals surface area contributed by atoms with Crippen molar-refractivity contribution in [2.24, 2.45) is 13.0 Å². The van der Waals surface area contributed by atoms with Crippen molar-refractivity contribution in [1.29, 1.82) is 0 Å². The molecule has 174 valence electrons. The highest BCUT2D eigenvalue weighted by Gasteiger charge is 2.26. The van der Waals surface area contributed by atoms with Gasteiger partial charge in [-0.25, -0.2) is 9.67 Å². The third kappa shape index (κ3) is 4.96. The molecule has 1 saturated heterocycles. The molecule has 0 radical (unpaired) electrons. The largest absolute Gasteiger partial charge is 0.348 e.